The standard InChI is InChI=1S/C16H13F2N3O/c17-16(18)22-11-5-3-9(4-6-11)14-13-12(7-8-19-14)20-21-15(13)10-1-2-10/h3-8,10,16H,1-2H2,(H,20,21). The van der Waals surface area contributed by atoms with Gasteiger partial charge in [-0.3, -0.25) is 10.1 Å². The number of fused-ring (bicyclic) bond motifs is 1. The number of aromatic nitrogens is 3. The van der Waals surface area contributed by atoms with Crippen molar-refractivity contribution in [2.45, 2.75) is 25.4 Å². The first-order valence-corrected chi connectivity index (χ1v) is 7.10. The van der Waals surface area contributed by atoms with Crippen LogP contribution in [0, 0.1) is 0 Å². The van der Waals surface area contributed by atoms with Crippen molar-refractivity contribution < 1.29 is 13.5 Å². The average Bonchev–Trinajstić information content (AvgIpc) is 3.26. The van der Waals surface area contributed by atoms with Gasteiger partial charge in [-0.25, -0.2) is 0 Å². The molecule has 0 atom stereocenters. The van der Waals surface area contributed by atoms with E-state index >= 15 is 0 Å². The number of hydrogen-bond acceptors (Lipinski definition) is 3. The first-order valence-electron chi connectivity index (χ1n) is 7.10. The van der Waals surface area contributed by atoms with E-state index in [9.17, 15) is 8.78 Å². The minimum Gasteiger partial charge on any atom is -0.435 e. The van der Waals surface area contributed by atoms with Crippen molar-refractivity contribution in [3.63, 3.8) is 0 Å². The lowest BCUT2D eigenvalue weighted by Gasteiger charge is -2.07. The van der Waals surface area contributed by atoms with Crippen LogP contribution < -0.4 is 4.74 Å². The SMILES string of the molecule is FC(F)Oc1ccc(-c2nccc3n[nH]c(C4CC4)c23)cc1. The second-order valence-corrected chi connectivity index (χ2v) is 5.37. The van der Waals surface area contributed by atoms with E-state index in [4.69, 9.17) is 0 Å². The topological polar surface area (TPSA) is 50.8 Å². The maximum atomic E-state index is 12.2. The van der Waals surface area contributed by atoms with E-state index in [1.165, 1.54) is 12.1 Å². The zero-order chi connectivity index (χ0) is 15.1. The fourth-order valence-electron chi connectivity index (χ4n) is 2.67. The van der Waals surface area contributed by atoms with Gasteiger partial charge in [-0.05, 0) is 43.2 Å². The highest BCUT2D eigenvalue weighted by Gasteiger charge is 2.28. The van der Waals surface area contributed by atoms with Gasteiger partial charge in [-0.1, -0.05) is 0 Å². The summed E-state index contributed by atoms with van der Waals surface area (Å²) in [4.78, 5) is 4.46. The Labute approximate surface area is 125 Å². The highest BCUT2D eigenvalue weighted by molar-refractivity contribution is 5.94. The van der Waals surface area contributed by atoms with E-state index in [1.54, 1.807) is 18.3 Å². The monoisotopic (exact) mass is 301 g/mol. The number of benzene rings is 1. The van der Waals surface area contributed by atoms with Gasteiger partial charge in [-0.15, -0.1) is 0 Å². The van der Waals surface area contributed by atoms with Gasteiger partial charge in [-0.2, -0.15) is 13.9 Å². The smallest absolute Gasteiger partial charge is 0.387 e. The lowest BCUT2D eigenvalue weighted by atomic mass is 10.0. The maximum Gasteiger partial charge on any atom is 0.387 e. The Morgan fingerprint density at radius 2 is 1.91 bits per heavy atom. The van der Waals surface area contributed by atoms with Crippen LogP contribution in [0.3, 0.4) is 0 Å². The normalized spacial score (nSPS) is 14.7. The van der Waals surface area contributed by atoms with Gasteiger partial charge in [0.2, 0.25) is 0 Å². The number of hydrogen-bond donors (Lipinski definition) is 1. The number of aromatic amines is 1. The van der Waals surface area contributed by atoms with E-state index in [1.807, 2.05) is 6.07 Å². The minimum atomic E-state index is -2.82. The molecule has 1 aliphatic rings. The molecular weight excluding hydrogens is 288 g/mol. The van der Waals surface area contributed by atoms with Crippen LogP contribution in [-0.4, -0.2) is 21.8 Å². The van der Waals surface area contributed by atoms with Gasteiger partial charge < -0.3 is 4.74 Å². The third kappa shape index (κ3) is 2.30. The van der Waals surface area contributed by atoms with Gasteiger partial charge >= 0.3 is 6.61 Å². The molecule has 4 rings (SSSR count). The van der Waals surface area contributed by atoms with E-state index in [0.717, 1.165) is 40.7 Å². The molecule has 3 aromatic rings. The maximum absolute atomic E-state index is 12.2. The average molecular weight is 301 g/mol. The fourth-order valence-corrected chi connectivity index (χ4v) is 2.67. The van der Waals surface area contributed by atoms with Crippen LogP contribution in [0.15, 0.2) is 36.5 Å². The number of alkyl halides is 2. The summed E-state index contributed by atoms with van der Waals surface area (Å²) in [7, 11) is 0. The molecule has 1 aromatic carbocycles. The fraction of sp³-hybridized carbons (Fsp3) is 0.250. The van der Waals surface area contributed by atoms with Crippen molar-refractivity contribution in [3.05, 3.63) is 42.2 Å². The van der Waals surface area contributed by atoms with Crippen LogP contribution in [0.4, 0.5) is 8.78 Å². The highest BCUT2D eigenvalue weighted by atomic mass is 19.3. The van der Waals surface area contributed by atoms with Crippen LogP contribution in [0.5, 0.6) is 5.75 Å². The van der Waals surface area contributed by atoms with Crippen LogP contribution in [-0.2, 0) is 0 Å². The van der Waals surface area contributed by atoms with Crippen molar-refractivity contribution in [2.24, 2.45) is 0 Å². The summed E-state index contributed by atoms with van der Waals surface area (Å²) < 4.78 is 28.8. The number of rotatable bonds is 4. The lowest BCUT2D eigenvalue weighted by molar-refractivity contribution is -0.0498. The molecule has 1 saturated carbocycles. The van der Waals surface area contributed by atoms with Crippen molar-refractivity contribution in [1.82, 2.24) is 15.2 Å². The van der Waals surface area contributed by atoms with E-state index in [2.05, 4.69) is 19.9 Å². The number of nitrogens with one attached hydrogen (secondary N) is 1. The second kappa shape index (κ2) is 5.05. The second-order valence-electron chi connectivity index (χ2n) is 5.37. The van der Waals surface area contributed by atoms with Crippen LogP contribution in [0.2, 0.25) is 0 Å². The summed E-state index contributed by atoms with van der Waals surface area (Å²) in [6, 6.07) is 8.40. The lowest BCUT2D eigenvalue weighted by Crippen LogP contribution is -2.01. The van der Waals surface area contributed by atoms with Gasteiger partial charge in [0.1, 0.15) is 5.75 Å². The van der Waals surface area contributed by atoms with Crippen LogP contribution >= 0.6 is 0 Å². The summed E-state index contributed by atoms with van der Waals surface area (Å²) in [5.74, 6) is 0.662. The van der Waals surface area contributed by atoms with Crippen molar-refractivity contribution in [2.75, 3.05) is 0 Å². The first-order chi connectivity index (χ1) is 10.7. The van der Waals surface area contributed by atoms with Gasteiger partial charge in [0, 0.05) is 28.8 Å². The Balaban J connectivity index is 1.78. The molecule has 2 aromatic heterocycles. The van der Waals surface area contributed by atoms with Gasteiger partial charge in [0.05, 0.1) is 11.2 Å². The molecule has 1 N–H and O–H groups in total. The molecule has 22 heavy (non-hydrogen) atoms. The van der Waals surface area contributed by atoms with Gasteiger partial charge in [0.15, 0.2) is 0 Å². The van der Waals surface area contributed by atoms with E-state index in [0.29, 0.717) is 5.92 Å². The predicted molar refractivity (Wildman–Crippen MR) is 77.9 cm³/mol. The summed E-state index contributed by atoms with van der Waals surface area (Å²) in [6.07, 6.45) is 4.03. The molecule has 0 aliphatic heterocycles. The van der Waals surface area contributed by atoms with Crippen molar-refractivity contribution in [1.29, 1.82) is 0 Å². The first kappa shape index (κ1) is 13.2. The van der Waals surface area contributed by atoms with Crippen LogP contribution in [0.1, 0.15) is 24.5 Å². The molecule has 0 unspecified atom stereocenters. The minimum absolute atomic E-state index is 0.139. The highest BCUT2D eigenvalue weighted by Crippen LogP contribution is 2.43. The summed E-state index contributed by atoms with van der Waals surface area (Å²) >= 11 is 0. The number of nitrogens with zero attached hydrogens (tertiary/aromatic N) is 2. The summed E-state index contributed by atoms with van der Waals surface area (Å²) in [5.41, 5.74) is 3.66. The van der Waals surface area contributed by atoms with E-state index < -0.39 is 6.61 Å². The largest absolute Gasteiger partial charge is 0.435 e. The summed E-state index contributed by atoms with van der Waals surface area (Å²) in [6.45, 7) is -2.82. The van der Waals surface area contributed by atoms with Gasteiger partial charge in [0.25, 0.3) is 0 Å². The number of halogens is 2. The molecule has 1 fully saturated rings. The van der Waals surface area contributed by atoms with E-state index in [-0.39, 0.29) is 5.75 Å². The zero-order valence-electron chi connectivity index (χ0n) is 11.6. The zero-order valence-corrected chi connectivity index (χ0v) is 11.6. The Kier molecular flexibility index (Phi) is 3.03. The molecule has 2 heterocycles. The molecule has 112 valence electrons. The Bertz CT molecular complexity index is 810. The Morgan fingerprint density at radius 3 is 2.59 bits per heavy atom. The Morgan fingerprint density at radius 1 is 1.14 bits per heavy atom. The molecule has 4 nitrogen and oxygen atoms in total. The van der Waals surface area contributed by atoms with Crippen LogP contribution in [0.25, 0.3) is 22.2 Å². The number of H-pyrrole nitrogens is 1. The molecular formula is C16H13F2N3O. The third-order valence-corrected chi connectivity index (χ3v) is 3.83. The number of ether oxygens (including phenoxy) is 1. The predicted octanol–water partition coefficient (Wildman–Crippen LogP) is 4.10. The Hall–Kier alpha value is -2.50. The molecule has 0 saturated heterocycles. The third-order valence-electron chi connectivity index (χ3n) is 3.83. The molecule has 0 bridgehead atoms. The van der Waals surface area contributed by atoms with Crippen molar-refractivity contribution in [3.8, 4) is 17.0 Å². The molecule has 1 aliphatic carbocycles. The summed E-state index contributed by atoms with van der Waals surface area (Å²) in [5, 5.41) is 8.46. The quantitative estimate of drug-likeness (QED) is 0.789. The molecule has 0 spiro atoms. The molecule has 0 radical (unpaired) electrons. The molecule has 0 amide bonds. The number of pyridine rings is 1. The molecule has 6 heteroatoms. The van der Waals surface area contributed by atoms with Crippen molar-refractivity contribution >= 4 is 10.9 Å².